The molecule has 1 aliphatic heterocycles. The van der Waals surface area contributed by atoms with E-state index in [1.165, 1.54) is 0 Å². The first-order valence-corrected chi connectivity index (χ1v) is 7.85. The van der Waals surface area contributed by atoms with Crippen LogP contribution in [0.25, 0.3) is 0 Å². The summed E-state index contributed by atoms with van der Waals surface area (Å²) in [4.78, 5) is 14.5. The molecule has 1 aromatic rings. The van der Waals surface area contributed by atoms with E-state index in [1.54, 1.807) is 12.1 Å². The first-order valence-electron chi connectivity index (χ1n) is 7.85. The fourth-order valence-electron chi connectivity index (χ4n) is 2.87. The summed E-state index contributed by atoms with van der Waals surface area (Å²) in [5.41, 5.74) is 0.707. The van der Waals surface area contributed by atoms with Gasteiger partial charge in [0.15, 0.2) is 0 Å². The number of carbonyl (C=O) groups excluding carboxylic acids is 1. The number of aromatic hydroxyl groups is 1. The minimum atomic E-state index is 0.102. The second kappa shape index (κ2) is 7.46. The monoisotopic (exact) mass is 290 g/mol. The molecule has 4 heteroatoms. The average Bonchev–Trinajstić information content (AvgIpc) is 2.48. The van der Waals surface area contributed by atoms with Crippen LogP contribution in [0.15, 0.2) is 24.3 Å². The highest BCUT2D eigenvalue weighted by molar-refractivity contribution is 5.79. The SMILES string of the molecule is CC(C)N(CC1CCNCC1)C(=O)Cc1ccccc1O. The molecular formula is C17H26N2O2. The maximum absolute atomic E-state index is 12.6. The van der Waals surface area contributed by atoms with Gasteiger partial charge in [-0.15, -0.1) is 0 Å². The Morgan fingerprint density at radius 1 is 1.33 bits per heavy atom. The van der Waals surface area contributed by atoms with Crippen molar-refractivity contribution in [2.24, 2.45) is 5.92 Å². The average molecular weight is 290 g/mol. The van der Waals surface area contributed by atoms with Crippen LogP contribution in [0.3, 0.4) is 0 Å². The molecule has 116 valence electrons. The van der Waals surface area contributed by atoms with Crippen LogP contribution in [0.4, 0.5) is 0 Å². The Hall–Kier alpha value is -1.55. The van der Waals surface area contributed by atoms with Crippen molar-refractivity contribution >= 4 is 5.91 Å². The van der Waals surface area contributed by atoms with E-state index in [1.807, 2.05) is 17.0 Å². The fourth-order valence-corrected chi connectivity index (χ4v) is 2.87. The van der Waals surface area contributed by atoms with Crippen molar-refractivity contribution in [2.75, 3.05) is 19.6 Å². The van der Waals surface area contributed by atoms with E-state index in [9.17, 15) is 9.90 Å². The Bertz CT molecular complexity index is 468. The number of rotatable bonds is 5. The Morgan fingerprint density at radius 3 is 2.62 bits per heavy atom. The lowest BCUT2D eigenvalue weighted by molar-refractivity contribution is -0.133. The van der Waals surface area contributed by atoms with Crippen LogP contribution >= 0.6 is 0 Å². The Balaban J connectivity index is 2.00. The number of hydrogen-bond donors (Lipinski definition) is 2. The second-order valence-corrected chi connectivity index (χ2v) is 6.14. The van der Waals surface area contributed by atoms with Crippen molar-refractivity contribution in [1.29, 1.82) is 0 Å². The highest BCUT2D eigenvalue weighted by Crippen LogP contribution is 2.20. The summed E-state index contributed by atoms with van der Waals surface area (Å²) in [5.74, 6) is 0.892. The summed E-state index contributed by atoms with van der Waals surface area (Å²) in [6, 6.07) is 7.27. The zero-order valence-electron chi connectivity index (χ0n) is 13.0. The molecule has 1 aromatic carbocycles. The van der Waals surface area contributed by atoms with Crippen molar-refractivity contribution in [3.8, 4) is 5.75 Å². The number of phenolic OH excluding ortho intramolecular Hbond substituents is 1. The first kappa shape index (κ1) is 15.8. The van der Waals surface area contributed by atoms with Gasteiger partial charge >= 0.3 is 0 Å². The van der Waals surface area contributed by atoms with E-state index >= 15 is 0 Å². The van der Waals surface area contributed by atoms with Crippen LogP contribution in [0.2, 0.25) is 0 Å². The van der Waals surface area contributed by atoms with E-state index < -0.39 is 0 Å². The molecule has 0 radical (unpaired) electrons. The zero-order chi connectivity index (χ0) is 15.2. The molecule has 1 fully saturated rings. The predicted molar refractivity (Wildman–Crippen MR) is 84.3 cm³/mol. The first-order chi connectivity index (χ1) is 10.1. The molecule has 0 aromatic heterocycles. The highest BCUT2D eigenvalue weighted by Gasteiger charge is 2.23. The van der Waals surface area contributed by atoms with Crippen molar-refractivity contribution in [3.05, 3.63) is 29.8 Å². The Kier molecular flexibility index (Phi) is 5.62. The molecule has 0 spiro atoms. The number of carbonyl (C=O) groups is 1. The number of nitrogens with zero attached hydrogens (tertiary/aromatic N) is 1. The van der Waals surface area contributed by atoms with Crippen molar-refractivity contribution < 1.29 is 9.90 Å². The quantitative estimate of drug-likeness (QED) is 0.874. The smallest absolute Gasteiger partial charge is 0.227 e. The van der Waals surface area contributed by atoms with Gasteiger partial charge in [-0.25, -0.2) is 0 Å². The minimum Gasteiger partial charge on any atom is -0.508 e. The van der Waals surface area contributed by atoms with E-state index in [4.69, 9.17) is 0 Å². The van der Waals surface area contributed by atoms with E-state index in [0.29, 0.717) is 11.5 Å². The highest BCUT2D eigenvalue weighted by atomic mass is 16.3. The molecule has 1 heterocycles. The molecule has 0 aliphatic carbocycles. The molecule has 0 saturated carbocycles. The van der Waals surface area contributed by atoms with Gasteiger partial charge < -0.3 is 15.3 Å². The molecule has 2 rings (SSSR count). The molecule has 21 heavy (non-hydrogen) atoms. The van der Waals surface area contributed by atoms with Crippen LogP contribution in [0.1, 0.15) is 32.3 Å². The lowest BCUT2D eigenvalue weighted by atomic mass is 9.96. The van der Waals surface area contributed by atoms with Crippen LogP contribution < -0.4 is 5.32 Å². The van der Waals surface area contributed by atoms with Gasteiger partial charge in [0.2, 0.25) is 5.91 Å². The van der Waals surface area contributed by atoms with Gasteiger partial charge in [-0.1, -0.05) is 18.2 Å². The number of nitrogens with one attached hydrogen (secondary N) is 1. The van der Waals surface area contributed by atoms with Crippen molar-refractivity contribution in [1.82, 2.24) is 10.2 Å². The van der Waals surface area contributed by atoms with Crippen LogP contribution in [0, 0.1) is 5.92 Å². The van der Waals surface area contributed by atoms with Gasteiger partial charge in [-0.2, -0.15) is 0 Å². The van der Waals surface area contributed by atoms with E-state index in [-0.39, 0.29) is 24.1 Å². The summed E-state index contributed by atoms with van der Waals surface area (Å²) in [5, 5.41) is 13.2. The molecule has 0 atom stereocenters. The number of amides is 1. The summed E-state index contributed by atoms with van der Waals surface area (Å²) in [6.45, 7) is 7.04. The summed E-state index contributed by atoms with van der Waals surface area (Å²) in [6.07, 6.45) is 2.54. The normalized spacial score (nSPS) is 16.1. The molecule has 1 amide bonds. The topological polar surface area (TPSA) is 52.6 Å². The number of para-hydroxylation sites is 1. The Labute approximate surface area is 127 Å². The third-order valence-corrected chi connectivity index (χ3v) is 4.19. The zero-order valence-corrected chi connectivity index (χ0v) is 13.0. The summed E-state index contributed by atoms with van der Waals surface area (Å²) in [7, 11) is 0. The van der Waals surface area contributed by atoms with Crippen LogP contribution in [-0.4, -0.2) is 41.6 Å². The number of piperidine rings is 1. The predicted octanol–water partition coefficient (Wildman–Crippen LogP) is 2.17. The molecular weight excluding hydrogens is 264 g/mol. The molecule has 4 nitrogen and oxygen atoms in total. The van der Waals surface area contributed by atoms with Gasteiger partial charge in [0.25, 0.3) is 0 Å². The lowest BCUT2D eigenvalue weighted by Crippen LogP contribution is -2.43. The molecule has 0 bridgehead atoms. The van der Waals surface area contributed by atoms with Crippen molar-refractivity contribution in [2.45, 2.75) is 39.2 Å². The number of benzene rings is 1. The number of phenols is 1. The minimum absolute atomic E-state index is 0.102. The Morgan fingerprint density at radius 2 is 2.00 bits per heavy atom. The largest absolute Gasteiger partial charge is 0.508 e. The maximum atomic E-state index is 12.6. The van der Waals surface area contributed by atoms with Gasteiger partial charge in [0, 0.05) is 18.2 Å². The lowest BCUT2D eigenvalue weighted by Gasteiger charge is -2.33. The summed E-state index contributed by atoms with van der Waals surface area (Å²) < 4.78 is 0. The number of hydrogen-bond acceptors (Lipinski definition) is 3. The third kappa shape index (κ3) is 4.46. The van der Waals surface area contributed by atoms with Gasteiger partial charge in [0.1, 0.15) is 5.75 Å². The van der Waals surface area contributed by atoms with E-state index in [2.05, 4.69) is 19.2 Å². The third-order valence-electron chi connectivity index (χ3n) is 4.19. The maximum Gasteiger partial charge on any atom is 0.227 e. The molecule has 2 N–H and O–H groups in total. The molecule has 1 aliphatic rings. The van der Waals surface area contributed by atoms with Gasteiger partial charge in [-0.3, -0.25) is 4.79 Å². The standard InChI is InChI=1S/C17H26N2O2/c1-13(2)19(12-14-7-9-18-10-8-14)17(21)11-15-5-3-4-6-16(15)20/h3-6,13-14,18,20H,7-12H2,1-2H3. The molecule has 0 unspecified atom stereocenters. The van der Waals surface area contributed by atoms with Gasteiger partial charge in [0.05, 0.1) is 6.42 Å². The van der Waals surface area contributed by atoms with Gasteiger partial charge in [-0.05, 0) is 51.8 Å². The van der Waals surface area contributed by atoms with Crippen LogP contribution in [-0.2, 0) is 11.2 Å². The molecule has 1 saturated heterocycles. The van der Waals surface area contributed by atoms with Crippen LogP contribution in [0.5, 0.6) is 5.75 Å². The van der Waals surface area contributed by atoms with E-state index in [0.717, 1.165) is 32.5 Å². The summed E-state index contributed by atoms with van der Waals surface area (Å²) >= 11 is 0. The fraction of sp³-hybridized carbons (Fsp3) is 0.588. The second-order valence-electron chi connectivity index (χ2n) is 6.14. The van der Waals surface area contributed by atoms with Crippen molar-refractivity contribution in [3.63, 3.8) is 0 Å².